The minimum atomic E-state index is -0.505. The van der Waals surface area contributed by atoms with Crippen LogP contribution in [0.5, 0.6) is 11.5 Å². The number of amides is 2. The summed E-state index contributed by atoms with van der Waals surface area (Å²) in [6.45, 7) is -0.238. The number of phenolic OH excluding ortho intramolecular Hbond substituents is 2. The molecule has 0 saturated carbocycles. The molecule has 124 valence electrons. The normalized spacial score (nSPS) is 10.5. The Hall–Kier alpha value is -2.87. The van der Waals surface area contributed by atoms with Gasteiger partial charge in [0.25, 0.3) is 11.8 Å². The van der Waals surface area contributed by atoms with E-state index in [9.17, 15) is 19.8 Å². The standard InChI is InChI=1S/C16H14BrN3O4/c17-12-4-2-1-3-11(12)16(24)18-9-15(23)20-19-8-10-5-6-13(21)14(22)7-10/h1-8,21-22H,9H2,(H,18,24)(H,20,23)/b19-8+. The Morgan fingerprint density at radius 2 is 1.88 bits per heavy atom. The van der Waals surface area contributed by atoms with Gasteiger partial charge in [0, 0.05) is 4.47 Å². The zero-order valence-corrected chi connectivity index (χ0v) is 13.9. The van der Waals surface area contributed by atoms with E-state index < -0.39 is 5.91 Å². The summed E-state index contributed by atoms with van der Waals surface area (Å²) in [6, 6.07) is 11.0. The van der Waals surface area contributed by atoms with Crippen molar-refractivity contribution in [1.29, 1.82) is 0 Å². The van der Waals surface area contributed by atoms with Crippen molar-refractivity contribution < 1.29 is 19.8 Å². The van der Waals surface area contributed by atoms with Gasteiger partial charge in [-0.2, -0.15) is 5.10 Å². The second-order valence-electron chi connectivity index (χ2n) is 4.70. The van der Waals surface area contributed by atoms with Gasteiger partial charge in [0.05, 0.1) is 18.3 Å². The van der Waals surface area contributed by atoms with Gasteiger partial charge in [-0.15, -0.1) is 0 Å². The minimum Gasteiger partial charge on any atom is -0.504 e. The smallest absolute Gasteiger partial charge is 0.259 e. The van der Waals surface area contributed by atoms with E-state index in [0.29, 0.717) is 15.6 Å². The molecule has 0 atom stereocenters. The number of hydrazone groups is 1. The Kier molecular flexibility index (Phi) is 5.91. The summed E-state index contributed by atoms with van der Waals surface area (Å²) in [5.74, 6) is -1.42. The first kappa shape index (κ1) is 17.5. The fourth-order valence-corrected chi connectivity index (χ4v) is 2.21. The van der Waals surface area contributed by atoms with Crippen LogP contribution in [0.4, 0.5) is 0 Å². The topological polar surface area (TPSA) is 111 Å². The highest BCUT2D eigenvalue weighted by Crippen LogP contribution is 2.23. The Bertz CT molecular complexity index is 793. The van der Waals surface area contributed by atoms with Crippen molar-refractivity contribution in [2.24, 2.45) is 5.10 Å². The van der Waals surface area contributed by atoms with Gasteiger partial charge in [-0.25, -0.2) is 5.43 Å². The van der Waals surface area contributed by atoms with Gasteiger partial charge >= 0.3 is 0 Å². The molecule has 2 aromatic rings. The van der Waals surface area contributed by atoms with Crippen molar-refractivity contribution in [3.63, 3.8) is 0 Å². The van der Waals surface area contributed by atoms with E-state index in [0.717, 1.165) is 0 Å². The third kappa shape index (κ3) is 4.82. The maximum absolute atomic E-state index is 11.9. The van der Waals surface area contributed by atoms with Gasteiger partial charge in [-0.1, -0.05) is 12.1 Å². The van der Waals surface area contributed by atoms with E-state index in [1.807, 2.05) is 0 Å². The number of hydrogen-bond donors (Lipinski definition) is 4. The van der Waals surface area contributed by atoms with E-state index in [1.165, 1.54) is 24.4 Å². The lowest BCUT2D eigenvalue weighted by Crippen LogP contribution is -2.35. The number of carbonyl (C=O) groups is 2. The van der Waals surface area contributed by atoms with Crippen LogP contribution in [0.2, 0.25) is 0 Å². The van der Waals surface area contributed by atoms with Gasteiger partial charge in [0.15, 0.2) is 11.5 Å². The summed E-state index contributed by atoms with van der Waals surface area (Å²) < 4.78 is 0.632. The zero-order valence-electron chi connectivity index (χ0n) is 12.4. The van der Waals surface area contributed by atoms with Gasteiger partial charge in [-0.05, 0) is 51.8 Å². The number of nitrogens with one attached hydrogen (secondary N) is 2. The monoisotopic (exact) mass is 391 g/mol. The van der Waals surface area contributed by atoms with Crippen LogP contribution in [0.3, 0.4) is 0 Å². The lowest BCUT2D eigenvalue weighted by Gasteiger charge is -2.05. The molecule has 24 heavy (non-hydrogen) atoms. The average molecular weight is 392 g/mol. The number of phenols is 2. The van der Waals surface area contributed by atoms with Crippen molar-refractivity contribution in [2.75, 3.05) is 6.54 Å². The van der Waals surface area contributed by atoms with Gasteiger partial charge < -0.3 is 15.5 Å². The number of nitrogens with zero attached hydrogens (tertiary/aromatic N) is 1. The molecule has 0 aliphatic rings. The predicted molar refractivity (Wildman–Crippen MR) is 92.0 cm³/mol. The van der Waals surface area contributed by atoms with Crippen LogP contribution in [0, 0.1) is 0 Å². The van der Waals surface area contributed by atoms with Crippen LogP contribution in [-0.4, -0.2) is 34.8 Å². The first-order chi connectivity index (χ1) is 11.5. The first-order valence-electron chi connectivity index (χ1n) is 6.84. The van der Waals surface area contributed by atoms with Gasteiger partial charge in [0.1, 0.15) is 0 Å². The third-order valence-corrected chi connectivity index (χ3v) is 3.62. The van der Waals surface area contributed by atoms with Crippen LogP contribution in [0.25, 0.3) is 0 Å². The number of halogens is 1. The molecule has 2 aromatic carbocycles. The Morgan fingerprint density at radius 3 is 2.58 bits per heavy atom. The Balaban J connectivity index is 1.83. The molecule has 8 heteroatoms. The quantitative estimate of drug-likeness (QED) is 0.353. The molecule has 0 heterocycles. The van der Waals surface area contributed by atoms with Crippen molar-refractivity contribution in [2.45, 2.75) is 0 Å². The Labute approximate surface area is 146 Å². The zero-order chi connectivity index (χ0) is 17.5. The fourth-order valence-electron chi connectivity index (χ4n) is 1.74. The van der Waals surface area contributed by atoms with Gasteiger partial charge in [-0.3, -0.25) is 9.59 Å². The summed E-state index contributed by atoms with van der Waals surface area (Å²) in [6.07, 6.45) is 1.30. The molecule has 0 unspecified atom stereocenters. The maximum atomic E-state index is 11.9. The van der Waals surface area contributed by atoms with Crippen LogP contribution < -0.4 is 10.7 Å². The van der Waals surface area contributed by atoms with Crippen molar-refractivity contribution in [3.8, 4) is 11.5 Å². The van der Waals surface area contributed by atoms with Crippen molar-refractivity contribution in [3.05, 3.63) is 58.1 Å². The van der Waals surface area contributed by atoms with E-state index in [1.54, 1.807) is 24.3 Å². The van der Waals surface area contributed by atoms with Crippen molar-refractivity contribution >= 4 is 34.0 Å². The van der Waals surface area contributed by atoms with Crippen LogP contribution in [0.15, 0.2) is 52.0 Å². The second-order valence-corrected chi connectivity index (χ2v) is 5.56. The molecule has 0 fully saturated rings. The molecule has 0 radical (unpaired) electrons. The van der Waals surface area contributed by atoms with E-state index in [-0.39, 0.29) is 24.0 Å². The highest BCUT2D eigenvalue weighted by molar-refractivity contribution is 9.10. The molecule has 7 nitrogen and oxygen atoms in total. The molecular weight excluding hydrogens is 378 g/mol. The molecule has 0 saturated heterocycles. The minimum absolute atomic E-state index is 0.238. The molecule has 0 aromatic heterocycles. The molecule has 2 rings (SSSR count). The largest absolute Gasteiger partial charge is 0.504 e. The number of benzene rings is 2. The molecular formula is C16H14BrN3O4. The maximum Gasteiger partial charge on any atom is 0.259 e. The highest BCUT2D eigenvalue weighted by Gasteiger charge is 2.10. The van der Waals surface area contributed by atoms with E-state index >= 15 is 0 Å². The molecule has 0 spiro atoms. The summed E-state index contributed by atoms with van der Waals surface area (Å²) in [5.41, 5.74) is 3.16. The van der Waals surface area contributed by atoms with E-state index in [2.05, 4.69) is 31.8 Å². The summed E-state index contributed by atoms with van der Waals surface area (Å²) >= 11 is 3.26. The summed E-state index contributed by atoms with van der Waals surface area (Å²) in [4.78, 5) is 23.6. The van der Waals surface area contributed by atoms with Gasteiger partial charge in [0.2, 0.25) is 0 Å². The van der Waals surface area contributed by atoms with E-state index in [4.69, 9.17) is 0 Å². The van der Waals surface area contributed by atoms with Crippen LogP contribution >= 0.6 is 15.9 Å². The molecule has 0 bridgehead atoms. The lowest BCUT2D eigenvalue weighted by atomic mass is 10.2. The number of aromatic hydroxyl groups is 2. The first-order valence-corrected chi connectivity index (χ1v) is 7.63. The molecule has 0 aliphatic carbocycles. The number of hydrogen-bond acceptors (Lipinski definition) is 5. The number of carbonyl (C=O) groups excluding carboxylic acids is 2. The van der Waals surface area contributed by atoms with Crippen LogP contribution in [-0.2, 0) is 4.79 Å². The fraction of sp³-hybridized carbons (Fsp3) is 0.0625. The molecule has 2 amide bonds. The second kappa shape index (κ2) is 8.11. The summed E-state index contributed by atoms with van der Waals surface area (Å²) in [7, 11) is 0. The summed E-state index contributed by atoms with van der Waals surface area (Å²) in [5, 5.41) is 24.7. The predicted octanol–water partition coefficient (Wildman–Crippen LogP) is 1.74. The highest BCUT2D eigenvalue weighted by atomic mass is 79.9. The van der Waals surface area contributed by atoms with Crippen molar-refractivity contribution in [1.82, 2.24) is 10.7 Å². The average Bonchev–Trinajstić information content (AvgIpc) is 2.56. The SMILES string of the molecule is O=C(CNC(=O)c1ccccc1Br)N/N=C/c1ccc(O)c(O)c1. The molecule has 0 aliphatic heterocycles. The number of rotatable bonds is 5. The van der Waals surface area contributed by atoms with Crippen LogP contribution in [0.1, 0.15) is 15.9 Å². The third-order valence-electron chi connectivity index (χ3n) is 2.93. The molecule has 4 N–H and O–H groups in total. The lowest BCUT2D eigenvalue weighted by molar-refractivity contribution is -0.120. The Morgan fingerprint density at radius 1 is 1.12 bits per heavy atom.